The Morgan fingerprint density at radius 1 is 1.50 bits per heavy atom. The van der Waals surface area contributed by atoms with Crippen molar-refractivity contribution in [3.63, 3.8) is 0 Å². The summed E-state index contributed by atoms with van der Waals surface area (Å²) in [5, 5.41) is 1.56. The molecule has 1 amide bonds. The van der Waals surface area contributed by atoms with Crippen molar-refractivity contribution in [2.24, 2.45) is 0 Å². The molecule has 2 atom stereocenters. The van der Waals surface area contributed by atoms with Crippen LogP contribution >= 0.6 is 0 Å². The lowest BCUT2D eigenvalue weighted by Gasteiger charge is -2.23. The zero-order chi connectivity index (χ0) is 12.8. The van der Waals surface area contributed by atoms with Crippen molar-refractivity contribution in [2.75, 3.05) is 0 Å². The molecule has 16 heavy (non-hydrogen) atoms. The first kappa shape index (κ1) is 15.1. The zero-order valence-corrected chi connectivity index (χ0v) is 10.5. The molecule has 0 radical (unpaired) electrons. The molecule has 0 saturated carbocycles. The molecule has 0 bridgehead atoms. The molecule has 6 heteroatoms. The summed E-state index contributed by atoms with van der Waals surface area (Å²) in [6.45, 7) is 6.86. The number of nitrogens with one attached hydrogen (secondary N) is 1. The van der Waals surface area contributed by atoms with Crippen molar-refractivity contribution in [2.45, 2.75) is 44.4 Å². The molecular weight excluding hydrogens is 230 g/mol. The summed E-state index contributed by atoms with van der Waals surface area (Å²) in [7, 11) is -4.14. The Labute approximate surface area is 96.7 Å². The summed E-state index contributed by atoms with van der Waals surface area (Å²) in [6, 6.07) is -0.583. The van der Waals surface area contributed by atoms with Gasteiger partial charge in [-0.15, -0.1) is 0 Å². The average Bonchev–Trinajstić information content (AvgIpc) is 2.21. The minimum Gasteiger partial charge on any atom is -0.348 e. The van der Waals surface area contributed by atoms with E-state index in [0.717, 1.165) is 6.08 Å². The van der Waals surface area contributed by atoms with Crippen LogP contribution in [0.25, 0.3) is 0 Å². The molecule has 0 fully saturated rings. The zero-order valence-electron chi connectivity index (χ0n) is 9.64. The van der Waals surface area contributed by atoms with E-state index in [0.29, 0.717) is 19.3 Å². The van der Waals surface area contributed by atoms with Crippen molar-refractivity contribution < 1.29 is 17.8 Å². The van der Waals surface area contributed by atoms with Gasteiger partial charge in [0.1, 0.15) is 5.25 Å². The largest absolute Gasteiger partial charge is 0.348 e. The van der Waals surface area contributed by atoms with Crippen molar-refractivity contribution in [3.05, 3.63) is 12.7 Å². The highest BCUT2D eigenvalue weighted by atomic mass is 32.2. The van der Waals surface area contributed by atoms with Crippen LogP contribution in [0.15, 0.2) is 12.7 Å². The number of rotatable bonds is 7. The van der Waals surface area contributed by atoms with Crippen LogP contribution in [-0.4, -0.2) is 30.2 Å². The van der Waals surface area contributed by atoms with Crippen molar-refractivity contribution >= 4 is 16.0 Å². The third kappa shape index (κ3) is 4.76. The molecule has 0 saturated heterocycles. The number of carbonyl (C=O) groups excluding carboxylic acids is 1. The molecule has 0 aliphatic heterocycles. The normalized spacial score (nSPS) is 15.2. The van der Waals surface area contributed by atoms with Crippen molar-refractivity contribution in [1.82, 2.24) is 5.32 Å². The first-order chi connectivity index (χ1) is 7.36. The van der Waals surface area contributed by atoms with Gasteiger partial charge in [0.2, 0.25) is 5.91 Å². The monoisotopic (exact) mass is 249 g/mol. The van der Waals surface area contributed by atoms with Crippen LogP contribution in [0.5, 0.6) is 0 Å². The topological polar surface area (TPSA) is 83.5 Å². The van der Waals surface area contributed by atoms with Gasteiger partial charge in [0.15, 0.2) is 0 Å². The van der Waals surface area contributed by atoms with E-state index >= 15 is 0 Å². The van der Waals surface area contributed by atoms with Crippen LogP contribution in [0.2, 0.25) is 0 Å². The summed E-state index contributed by atoms with van der Waals surface area (Å²) < 4.78 is 31.4. The van der Waals surface area contributed by atoms with E-state index in [9.17, 15) is 13.2 Å². The van der Waals surface area contributed by atoms with Gasteiger partial charge in [-0.3, -0.25) is 9.35 Å². The van der Waals surface area contributed by atoms with E-state index in [4.69, 9.17) is 4.55 Å². The quantitative estimate of drug-likeness (QED) is 0.523. The summed E-state index contributed by atoms with van der Waals surface area (Å²) >= 11 is 0. The number of amides is 1. The number of hydrogen-bond donors (Lipinski definition) is 2. The predicted molar refractivity (Wildman–Crippen MR) is 62.7 cm³/mol. The lowest BCUT2D eigenvalue weighted by Crippen LogP contribution is -2.45. The molecule has 5 nitrogen and oxygen atoms in total. The van der Waals surface area contributed by atoms with E-state index < -0.39 is 27.3 Å². The Hall–Kier alpha value is -0.880. The van der Waals surface area contributed by atoms with E-state index in [1.54, 1.807) is 6.92 Å². The highest BCUT2D eigenvalue weighted by Crippen LogP contribution is 2.14. The second-order valence-electron chi connectivity index (χ2n) is 3.57. The average molecular weight is 249 g/mol. The maximum Gasteiger partial charge on any atom is 0.269 e. The molecule has 2 unspecified atom stereocenters. The Morgan fingerprint density at radius 2 is 2.06 bits per heavy atom. The molecule has 0 aromatic heterocycles. The van der Waals surface area contributed by atoms with E-state index in [2.05, 4.69) is 11.9 Å². The van der Waals surface area contributed by atoms with Gasteiger partial charge >= 0.3 is 0 Å². The van der Waals surface area contributed by atoms with Gasteiger partial charge in [-0.1, -0.05) is 26.8 Å². The lowest BCUT2D eigenvalue weighted by atomic mass is 10.1. The van der Waals surface area contributed by atoms with Gasteiger partial charge in [-0.05, 0) is 18.9 Å². The van der Waals surface area contributed by atoms with Gasteiger partial charge in [0.05, 0.1) is 0 Å². The Morgan fingerprint density at radius 3 is 2.38 bits per heavy atom. The fourth-order valence-corrected chi connectivity index (χ4v) is 2.75. The lowest BCUT2D eigenvalue weighted by molar-refractivity contribution is -0.117. The molecule has 0 aromatic rings. The van der Waals surface area contributed by atoms with Gasteiger partial charge in [0, 0.05) is 6.04 Å². The molecule has 0 aliphatic rings. The Balaban J connectivity index is 4.85. The van der Waals surface area contributed by atoms with E-state index in [1.165, 1.54) is 0 Å². The van der Waals surface area contributed by atoms with Crippen molar-refractivity contribution in [3.8, 4) is 0 Å². The molecule has 0 heterocycles. The Bertz CT molecular complexity index is 337. The number of carbonyl (C=O) groups is 1. The van der Waals surface area contributed by atoms with E-state index in [1.807, 2.05) is 6.92 Å². The second kappa shape index (κ2) is 6.65. The second-order valence-corrected chi connectivity index (χ2v) is 5.20. The fraction of sp³-hybridized carbons (Fsp3) is 0.700. The summed E-state index contributed by atoms with van der Waals surface area (Å²) in [4.78, 5) is 11.1. The van der Waals surface area contributed by atoms with Crippen LogP contribution in [0.4, 0.5) is 0 Å². The molecule has 0 aliphatic carbocycles. The van der Waals surface area contributed by atoms with Crippen LogP contribution in [0.3, 0.4) is 0 Å². The van der Waals surface area contributed by atoms with Crippen LogP contribution in [0.1, 0.15) is 33.1 Å². The van der Waals surface area contributed by atoms with Gasteiger partial charge in [-0.25, -0.2) is 0 Å². The number of hydrogen-bond acceptors (Lipinski definition) is 3. The summed E-state index contributed by atoms with van der Waals surface area (Å²) in [6.07, 6.45) is 2.44. The SMILES string of the molecule is C=CC(=O)NC(CC)C(CCC)S(=O)(=O)O. The predicted octanol–water partition coefficient (Wildman–Crippen LogP) is 1.12. The fourth-order valence-electron chi connectivity index (χ4n) is 1.54. The first-order valence-electron chi connectivity index (χ1n) is 5.26. The van der Waals surface area contributed by atoms with Crippen molar-refractivity contribution in [1.29, 1.82) is 0 Å². The third-order valence-electron chi connectivity index (χ3n) is 2.36. The highest BCUT2D eigenvalue weighted by Gasteiger charge is 2.30. The van der Waals surface area contributed by atoms with Gasteiger partial charge in [-0.2, -0.15) is 8.42 Å². The van der Waals surface area contributed by atoms with Crippen LogP contribution < -0.4 is 5.32 Å². The van der Waals surface area contributed by atoms with Gasteiger partial charge in [0.25, 0.3) is 10.1 Å². The maximum atomic E-state index is 11.2. The molecule has 0 spiro atoms. The summed E-state index contributed by atoms with van der Waals surface area (Å²) in [5.41, 5.74) is 0. The van der Waals surface area contributed by atoms with Gasteiger partial charge < -0.3 is 5.32 Å². The molecular formula is C10H19NO4S. The molecule has 0 aromatic carbocycles. The van der Waals surface area contributed by atoms with Crippen LogP contribution in [0, 0.1) is 0 Å². The smallest absolute Gasteiger partial charge is 0.269 e. The minimum atomic E-state index is -4.14. The molecule has 0 rings (SSSR count). The summed E-state index contributed by atoms with van der Waals surface area (Å²) in [5.74, 6) is -0.434. The molecule has 94 valence electrons. The first-order valence-corrected chi connectivity index (χ1v) is 6.76. The standard InChI is InChI=1S/C10H19NO4S/c1-4-7-9(16(13,14)15)8(5-2)11-10(12)6-3/h6,8-9H,3-5,7H2,1-2H3,(H,11,12)(H,13,14,15). The highest BCUT2D eigenvalue weighted by molar-refractivity contribution is 7.86. The molecule has 2 N–H and O–H groups in total. The maximum absolute atomic E-state index is 11.2. The van der Waals surface area contributed by atoms with E-state index in [-0.39, 0.29) is 0 Å². The Kier molecular flexibility index (Phi) is 6.28. The van der Waals surface area contributed by atoms with Crippen LogP contribution in [-0.2, 0) is 14.9 Å². The third-order valence-corrected chi connectivity index (χ3v) is 3.69. The minimum absolute atomic E-state index is 0.314.